The number of carbonyl (C=O) groups excluding carboxylic acids is 1. The van der Waals surface area contributed by atoms with Crippen LogP contribution in [0.15, 0.2) is 5.16 Å². The number of thioether (sulfide) groups is 1. The lowest BCUT2D eigenvalue weighted by molar-refractivity contribution is -0.117. The highest BCUT2D eigenvalue weighted by molar-refractivity contribution is 7.99. The van der Waals surface area contributed by atoms with Crippen LogP contribution in [-0.4, -0.2) is 26.7 Å². The maximum Gasteiger partial charge on any atom is 0.208 e. The summed E-state index contributed by atoms with van der Waals surface area (Å²) < 4.78 is 0. The lowest BCUT2D eigenvalue weighted by Crippen LogP contribution is -2.03. The minimum Gasteiger partial charge on any atom is -0.298 e. The Morgan fingerprint density at radius 1 is 1.69 bits per heavy atom. The fraction of sp³-hybridized carbons (Fsp3) is 0.625. The van der Waals surface area contributed by atoms with Gasteiger partial charge in [0.15, 0.2) is 0 Å². The number of hydrogen-bond donors (Lipinski definition) is 1. The number of nitrogens with one attached hydrogen (secondary N) is 1. The van der Waals surface area contributed by atoms with Crippen molar-refractivity contribution in [2.45, 2.75) is 24.9 Å². The number of H-pyrrole nitrogens is 1. The number of aromatic nitrogens is 3. The maximum absolute atomic E-state index is 11.3. The van der Waals surface area contributed by atoms with Gasteiger partial charge in [0.25, 0.3) is 0 Å². The summed E-state index contributed by atoms with van der Waals surface area (Å²) in [7, 11) is 0. The molecule has 1 saturated carbocycles. The van der Waals surface area contributed by atoms with E-state index in [0.717, 1.165) is 18.7 Å². The topological polar surface area (TPSA) is 58.6 Å². The number of Topliss-reactive ketones (excluding diaryl/α,β-unsaturated/α-hetero) is 1. The molecule has 0 aromatic carbocycles. The molecule has 0 unspecified atom stereocenters. The monoisotopic (exact) mass is 197 g/mol. The summed E-state index contributed by atoms with van der Waals surface area (Å²) in [6, 6.07) is 0. The number of hydrogen-bond acceptors (Lipinski definition) is 4. The van der Waals surface area contributed by atoms with Crippen molar-refractivity contribution in [1.29, 1.82) is 0 Å². The first kappa shape index (κ1) is 8.74. The summed E-state index contributed by atoms with van der Waals surface area (Å²) in [6.45, 7) is 1.85. The molecule has 13 heavy (non-hydrogen) atoms. The van der Waals surface area contributed by atoms with Crippen LogP contribution in [0.4, 0.5) is 0 Å². The number of aromatic amines is 1. The first-order valence-corrected chi connectivity index (χ1v) is 5.29. The summed E-state index contributed by atoms with van der Waals surface area (Å²) >= 11 is 1.41. The standard InChI is InChI=1S/C8H11N3OS/c1-5-9-8(11-10-5)13-4-7(12)6-2-3-6/h6H,2-4H2,1H3,(H,9,10,11). The van der Waals surface area contributed by atoms with Gasteiger partial charge in [0, 0.05) is 5.92 Å². The Hall–Kier alpha value is -0.840. The van der Waals surface area contributed by atoms with Crippen molar-refractivity contribution in [3.63, 3.8) is 0 Å². The van der Waals surface area contributed by atoms with Crippen LogP contribution in [0.3, 0.4) is 0 Å². The molecule has 2 rings (SSSR count). The molecule has 0 atom stereocenters. The van der Waals surface area contributed by atoms with Crippen LogP contribution in [-0.2, 0) is 4.79 Å². The van der Waals surface area contributed by atoms with Gasteiger partial charge in [-0.3, -0.25) is 9.89 Å². The zero-order valence-corrected chi connectivity index (χ0v) is 8.23. The Labute approximate surface area is 80.5 Å². The molecule has 1 heterocycles. The van der Waals surface area contributed by atoms with Crippen molar-refractivity contribution >= 4 is 17.5 Å². The van der Waals surface area contributed by atoms with Gasteiger partial charge in [-0.2, -0.15) is 0 Å². The van der Waals surface area contributed by atoms with E-state index in [0.29, 0.717) is 22.6 Å². The van der Waals surface area contributed by atoms with Crippen molar-refractivity contribution in [1.82, 2.24) is 15.2 Å². The van der Waals surface area contributed by atoms with Gasteiger partial charge in [-0.15, -0.1) is 5.10 Å². The quantitative estimate of drug-likeness (QED) is 0.736. The summed E-state index contributed by atoms with van der Waals surface area (Å²) in [5, 5.41) is 7.36. The molecule has 1 aromatic heterocycles. The predicted molar refractivity (Wildman–Crippen MR) is 49.6 cm³/mol. The van der Waals surface area contributed by atoms with Gasteiger partial charge >= 0.3 is 0 Å². The Morgan fingerprint density at radius 2 is 2.46 bits per heavy atom. The van der Waals surface area contributed by atoms with Gasteiger partial charge in [0.1, 0.15) is 11.6 Å². The highest BCUT2D eigenvalue weighted by Crippen LogP contribution is 2.31. The molecule has 0 bridgehead atoms. The van der Waals surface area contributed by atoms with E-state index in [-0.39, 0.29) is 0 Å². The first-order valence-electron chi connectivity index (χ1n) is 4.30. The van der Waals surface area contributed by atoms with Crippen molar-refractivity contribution in [3.8, 4) is 0 Å². The molecule has 1 aliphatic rings. The van der Waals surface area contributed by atoms with E-state index in [9.17, 15) is 4.79 Å². The molecule has 0 aliphatic heterocycles. The molecule has 0 amide bonds. The molecule has 0 radical (unpaired) electrons. The highest BCUT2D eigenvalue weighted by Gasteiger charge is 2.29. The Bertz CT molecular complexity index is 319. The van der Waals surface area contributed by atoms with Crippen LogP contribution in [0.25, 0.3) is 0 Å². The average Bonchev–Trinajstić information content (AvgIpc) is 2.87. The van der Waals surface area contributed by atoms with E-state index in [2.05, 4.69) is 15.2 Å². The van der Waals surface area contributed by atoms with Crippen molar-refractivity contribution < 1.29 is 4.79 Å². The molecule has 0 spiro atoms. The largest absolute Gasteiger partial charge is 0.298 e. The van der Waals surface area contributed by atoms with Crippen LogP contribution >= 0.6 is 11.8 Å². The number of carbonyl (C=O) groups is 1. The fourth-order valence-corrected chi connectivity index (χ4v) is 1.86. The van der Waals surface area contributed by atoms with E-state index in [4.69, 9.17) is 0 Å². The lowest BCUT2D eigenvalue weighted by atomic mass is 10.3. The fourth-order valence-electron chi connectivity index (χ4n) is 1.05. The zero-order valence-electron chi connectivity index (χ0n) is 7.41. The van der Waals surface area contributed by atoms with Crippen LogP contribution in [0.1, 0.15) is 18.7 Å². The SMILES string of the molecule is Cc1nc(SCC(=O)C2CC2)n[nH]1. The molecule has 70 valence electrons. The zero-order chi connectivity index (χ0) is 9.26. The average molecular weight is 197 g/mol. The minimum atomic E-state index is 0.340. The highest BCUT2D eigenvalue weighted by atomic mass is 32.2. The Kier molecular flexibility index (Phi) is 2.35. The van der Waals surface area contributed by atoms with Gasteiger partial charge in [-0.1, -0.05) is 11.8 Å². The first-order chi connectivity index (χ1) is 6.25. The van der Waals surface area contributed by atoms with Gasteiger partial charge < -0.3 is 0 Å². The van der Waals surface area contributed by atoms with E-state index in [1.54, 1.807) is 0 Å². The van der Waals surface area contributed by atoms with E-state index in [1.165, 1.54) is 11.8 Å². The van der Waals surface area contributed by atoms with E-state index >= 15 is 0 Å². The Balaban J connectivity index is 1.81. The van der Waals surface area contributed by atoms with Gasteiger partial charge in [-0.05, 0) is 19.8 Å². The molecule has 1 N–H and O–H groups in total. The van der Waals surface area contributed by atoms with Crippen molar-refractivity contribution in [2.24, 2.45) is 5.92 Å². The van der Waals surface area contributed by atoms with Gasteiger partial charge in [-0.25, -0.2) is 4.98 Å². The van der Waals surface area contributed by atoms with Crippen molar-refractivity contribution in [3.05, 3.63) is 5.82 Å². The van der Waals surface area contributed by atoms with Crippen molar-refractivity contribution in [2.75, 3.05) is 5.75 Å². The predicted octanol–water partition coefficient (Wildman–Crippen LogP) is 1.18. The second-order valence-corrected chi connectivity index (χ2v) is 4.18. The molecule has 5 heteroatoms. The third kappa shape index (κ3) is 2.30. The number of aryl methyl sites for hydroxylation is 1. The van der Waals surface area contributed by atoms with E-state index < -0.39 is 0 Å². The molecule has 1 aromatic rings. The summed E-state index contributed by atoms with van der Waals surface area (Å²) in [4.78, 5) is 15.4. The molecule has 0 saturated heterocycles. The minimum absolute atomic E-state index is 0.340. The normalized spacial score (nSPS) is 16.1. The van der Waals surface area contributed by atoms with Gasteiger partial charge in [0.2, 0.25) is 5.16 Å². The second kappa shape index (κ2) is 3.49. The van der Waals surface area contributed by atoms with Gasteiger partial charge in [0.05, 0.1) is 5.75 Å². The number of nitrogens with zero attached hydrogens (tertiary/aromatic N) is 2. The molecule has 4 nitrogen and oxygen atoms in total. The summed E-state index contributed by atoms with van der Waals surface area (Å²) in [6.07, 6.45) is 2.15. The Morgan fingerprint density at radius 3 is 3.00 bits per heavy atom. The molecule has 1 fully saturated rings. The summed E-state index contributed by atoms with van der Waals surface area (Å²) in [5.41, 5.74) is 0. The van der Waals surface area contributed by atoms with Crippen LogP contribution < -0.4 is 0 Å². The lowest BCUT2D eigenvalue weighted by Gasteiger charge is -1.93. The van der Waals surface area contributed by atoms with Crippen LogP contribution in [0, 0.1) is 12.8 Å². The third-order valence-electron chi connectivity index (χ3n) is 1.95. The molecule has 1 aliphatic carbocycles. The van der Waals surface area contributed by atoms with Crippen LogP contribution in [0.5, 0.6) is 0 Å². The second-order valence-electron chi connectivity index (χ2n) is 3.23. The van der Waals surface area contributed by atoms with Crippen LogP contribution in [0.2, 0.25) is 0 Å². The third-order valence-corrected chi connectivity index (χ3v) is 2.82. The summed E-state index contributed by atoms with van der Waals surface area (Å²) in [5.74, 6) is 1.99. The van der Waals surface area contributed by atoms with E-state index in [1.807, 2.05) is 6.92 Å². The maximum atomic E-state index is 11.3. The molecular weight excluding hydrogens is 186 g/mol. The molecular formula is C8H11N3OS. The smallest absolute Gasteiger partial charge is 0.208 e. The number of ketones is 1. The number of rotatable bonds is 4.